The van der Waals surface area contributed by atoms with Crippen LogP contribution in [0.15, 0.2) is 28.8 Å². The number of oxazole rings is 1. The van der Waals surface area contributed by atoms with E-state index in [1.807, 2.05) is 12.1 Å². The van der Waals surface area contributed by atoms with E-state index in [1.165, 1.54) is 11.3 Å². The Hall–Kier alpha value is -3.14. The molecule has 2 N–H and O–H groups in total. The topological polar surface area (TPSA) is 105 Å². The largest absolute Gasteiger partial charge is 0.481 e. The van der Waals surface area contributed by atoms with Crippen LogP contribution in [0.3, 0.4) is 0 Å². The maximum absolute atomic E-state index is 11.6. The van der Waals surface area contributed by atoms with Crippen molar-refractivity contribution in [2.24, 2.45) is 0 Å². The summed E-state index contributed by atoms with van der Waals surface area (Å²) in [5.74, 6) is 1.10. The molecule has 0 unspecified atom stereocenters. The number of pyridine rings is 1. The lowest BCUT2D eigenvalue weighted by molar-refractivity contribution is 0.254. The van der Waals surface area contributed by atoms with Crippen LogP contribution in [0, 0.1) is 0 Å². The molecule has 3 aromatic heterocycles. The van der Waals surface area contributed by atoms with Crippen LogP contribution in [0.25, 0.3) is 11.5 Å². The lowest BCUT2D eigenvalue weighted by Crippen LogP contribution is -2.40. The summed E-state index contributed by atoms with van der Waals surface area (Å²) < 4.78 is 11.2. The van der Waals surface area contributed by atoms with E-state index in [9.17, 15) is 4.79 Å². The van der Waals surface area contributed by atoms with Gasteiger partial charge in [-0.25, -0.2) is 19.7 Å². The Morgan fingerprint density at radius 3 is 2.93 bits per heavy atom. The van der Waals surface area contributed by atoms with E-state index in [4.69, 9.17) is 9.15 Å². The third-order valence-electron chi connectivity index (χ3n) is 4.83. The number of anilines is 2. The lowest BCUT2D eigenvalue weighted by atomic mass is 10.0. The van der Waals surface area contributed by atoms with Gasteiger partial charge >= 0.3 is 6.03 Å². The third-order valence-corrected chi connectivity index (χ3v) is 6.02. The van der Waals surface area contributed by atoms with Gasteiger partial charge in [-0.2, -0.15) is 0 Å². The molecule has 0 aliphatic carbocycles. The van der Waals surface area contributed by atoms with Gasteiger partial charge in [0.25, 0.3) is 6.01 Å². The molecule has 2 atom stereocenters. The van der Waals surface area contributed by atoms with Gasteiger partial charge in [-0.05, 0) is 19.9 Å². The maximum atomic E-state index is 11.6. The van der Waals surface area contributed by atoms with Gasteiger partial charge in [0, 0.05) is 25.6 Å². The zero-order chi connectivity index (χ0) is 20.5. The van der Waals surface area contributed by atoms with Crippen LogP contribution in [0.5, 0.6) is 5.88 Å². The van der Waals surface area contributed by atoms with Gasteiger partial charge < -0.3 is 19.4 Å². The number of rotatable bonds is 4. The summed E-state index contributed by atoms with van der Waals surface area (Å²) in [5.41, 5.74) is 1.66. The first-order chi connectivity index (χ1) is 14.0. The van der Waals surface area contributed by atoms with Crippen molar-refractivity contribution in [2.75, 3.05) is 24.4 Å². The second-order valence-electron chi connectivity index (χ2n) is 6.74. The minimum absolute atomic E-state index is 0.0104. The summed E-state index contributed by atoms with van der Waals surface area (Å²) in [6.45, 7) is 4.20. The van der Waals surface area contributed by atoms with Crippen molar-refractivity contribution in [2.45, 2.75) is 32.4 Å². The number of fused-ring (bicyclic) bond motifs is 1. The Labute approximate surface area is 172 Å². The third kappa shape index (κ3) is 3.63. The molecule has 0 spiro atoms. The molecule has 3 aromatic rings. The van der Waals surface area contributed by atoms with Crippen molar-refractivity contribution in [3.8, 4) is 17.3 Å². The van der Waals surface area contributed by atoms with Gasteiger partial charge in [0.2, 0.25) is 5.88 Å². The van der Waals surface area contributed by atoms with E-state index in [-0.39, 0.29) is 18.1 Å². The monoisotopic (exact) mass is 414 g/mol. The fourth-order valence-electron chi connectivity index (χ4n) is 3.46. The molecular weight excluding hydrogens is 392 g/mol. The van der Waals surface area contributed by atoms with Crippen LogP contribution < -0.4 is 20.3 Å². The molecule has 0 fully saturated rings. The SMILES string of the molecule is CNC(=O)Nc1nc2c(s1)[C@H](C)N(c1ncc(-c3cccc(OC)n3)o1)[C@H](C)C2. The smallest absolute Gasteiger partial charge is 0.320 e. The number of ether oxygens (including phenoxy) is 1. The zero-order valence-corrected chi connectivity index (χ0v) is 17.4. The Kier molecular flexibility index (Phi) is 5.10. The van der Waals surface area contributed by atoms with Gasteiger partial charge in [-0.15, -0.1) is 0 Å². The summed E-state index contributed by atoms with van der Waals surface area (Å²) in [7, 11) is 3.15. The number of nitrogens with zero attached hydrogens (tertiary/aromatic N) is 4. The van der Waals surface area contributed by atoms with E-state index in [1.54, 1.807) is 26.4 Å². The highest BCUT2D eigenvalue weighted by Crippen LogP contribution is 2.41. The fourth-order valence-corrected chi connectivity index (χ4v) is 4.50. The predicted octanol–water partition coefficient (Wildman–Crippen LogP) is 3.47. The van der Waals surface area contributed by atoms with E-state index in [2.05, 4.69) is 44.3 Å². The molecule has 9 nitrogen and oxygen atoms in total. The van der Waals surface area contributed by atoms with Crippen molar-refractivity contribution in [1.29, 1.82) is 0 Å². The zero-order valence-electron chi connectivity index (χ0n) is 16.6. The van der Waals surface area contributed by atoms with Gasteiger partial charge in [-0.1, -0.05) is 17.4 Å². The molecule has 1 aliphatic rings. The van der Waals surface area contributed by atoms with Gasteiger partial charge in [0.1, 0.15) is 5.69 Å². The summed E-state index contributed by atoms with van der Waals surface area (Å²) in [5, 5.41) is 5.88. The first-order valence-electron chi connectivity index (χ1n) is 9.24. The summed E-state index contributed by atoms with van der Waals surface area (Å²) in [4.78, 5) is 28.3. The van der Waals surface area contributed by atoms with Crippen LogP contribution in [-0.2, 0) is 6.42 Å². The molecule has 0 radical (unpaired) electrons. The molecule has 2 amide bonds. The van der Waals surface area contributed by atoms with E-state index in [0.717, 1.165) is 17.0 Å². The highest BCUT2D eigenvalue weighted by atomic mass is 32.1. The standard InChI is InChI=1S/C19H22N6O3S/c1-10-8-13-16(29-18(23-13)24-17(26)20-3)11(2)25(10)19-21-9-14(28-19)12-6-5-7-15(22-12)27-4/h5-7,9-11H,8H2,1-4H3,(H2,20,23,24,26)/t10-,11+/m1/s1. The van der Waals surface area contributed by atoms with E-state index >= 15 is 0 Å². The number of hydrogen-bond donors (Lipinski definition) is 2. The van der Waals surface area contributed by atoms with Crippen molar-refractivity contribution in [1.82, 2.24) is 20.3 Å². The Morgan fingerprint density at radius 1 is 1.34 bits per heavy atom. The Bertz CT molecular complexity index is 1030. The van der Waals surface area contributed by atoms with Crippen molar-refractivity contribution in [3.63, 3.8) is 0 Å². The van der Waals surface area contributed by atoms with Crippen LogP contribution >= 0.6 is 11.3 Å². The number of carbonyl (C=O) groups excluding carboxylic acids is 1. The molecule has 0 bridgehead atoms. The number of methoxy groups -OCH3 is 1. The molecule has 0 saturated carbocycles. The Balaban J connectivity index is 1.61. The molecule has 1 aliphatic heterocycles. The molecular formula is C19H22N6O3S. The van der Waals surface area contributed by atoms with Gasteiger partial charge in [-0.3, -0.25) is 5.32 Å². The normalized spacial score (nSPS) is 18.3. The number of urea groups is 1. The maximum Gasteiger partial charge on any atom is 0.320 e. The predicted molar refractivity (Wildman–Crippen MR) is 111 cm³/mol. The first kappa shape index (κ1) is 19.2. The number of aromatic nitrogens is 3. The van der Waals surface area contributed by atoms with Gasteiger partial charge in [0.15, 0.2) is 10.9 Å². The molecule has 0 saturated heterocycles. The lowest BCUT2D eigenvalue weighted by Gasteiger charge is -2.36. The highest BCUT2D eigenvalue weighted by molar-refractivity contribution is 7.16. The summed E-state index contributed by atoms with van der Waals surface area (Å²) >= 11 is 1.47. The van der Waals surface area contributed by atoms with E-state index in [0.29, 0.717) is 28.5 Å². The van der Waals surface area contributed by atoms with Gasteiger partial charge in [0.05, 0.1) is 29.9 Å². The minimum Gasteiger partial charge on any atom is -0.481 e. The van der Waals surface area contributed by atoms with Crippen LogP contribution in [0.2, 0.25) is 0 Å². The Morgan fingerprint density at radius 2 is 2.17 bits per heavy atom. The number of thiazole rings is 1. The van der Waals surface area contributed by atoms with Crippen molar-refractivity contribution >= 4 is 28.5 Å². The van der Waals surface area contributed by atoms with Crippen LogP contribution in [0.4, 0.5) is 15.9 Å². The summed E-state index contributed by atoms with van der Waals surface area (Å²) in [6, 6.07) is 5.90. The van der Waals surface area contributed by atoms with Crippen molar-refractivity contribution in [3.05, 3.63) is 35.0 Å². The van der Waals surface area contributed by atoms with Crippen LogP contribution in [0.1, 0.15) is 30.5 Å². The number of carbonyl (C=O) groups is 1. The molecule has 29 heavy (non-hydrogen) atoms. The number of hydrogen-bond acceptors (Lipinski definition) is 8. The average molecular weight is 414 g/mol. The molecule has 0 aromatic carbocycles. The highest BCUT2D eigenvalue weighted by Gasteiger charge is 2.35. The average Bonchev–Trinajstić information content (AvgIpc) is 3.35. The minimum atomic E-state index is -0.281. The second kappa shape index (κ2) is 7.70. The second-order valence-corrected chi connectivity index (χ2v) is 7.77. The number of nitrogens with one attached hydrogen (secondary N) is 2. The van der Waals surface area contributed by atoms with Crippen LogP contribution in [-0.4, -0.2) is 41.2 Å². The fraction of sp³-hybridized carbons (Fsp3) is 0.368. The summed E-state index contributed by atoms with van der Waals surface area (Å²) in [6.07, 6.45) is 2.41. The molecule has 152 valence electrons. The number of amides is 2. The van der Waals surface area contributed by atoms with Crippen molar-refractivity contribution < 1.29 is 13.9 Å². The molecule has 4 heterocycles. The molecule has 10 heteroatoms. The first-order valence-corrected chi connectivity index (χ1v) is 10.1. The molecule has 4 rings (SSSR count). The quantitative estimate of drug-likeness (QED) is 0.673. The van der Waals surface area contributed by atoms with E-state index < -0.39 is 0 Å².